The first kappa shape index (κ1) is 22.8. The number of carbonyl (C=O) groups excluding carboxylic acids is 3. The molecule has 0 spiro atoms. The van der Waals surface area contributed by atoms with E-state index < -0.39 is 0 Å². The largest absolute Gasteiger partial charge is 0.397 e. The summed E-state index contributed by atoms with van der Waals surface area (Å²) in [5, 5.41) is 8.97. The Labute approximate surface area is 198 Å². The standard InChI is InChI=1S/C26H27N5O3/c1-15(23-19-14-17(26(34)31(2)3)10-13-21(19)29-25(23)33)28-18-11-8-16(9-12-18)24(32)30-22-7-5-4-6-20(22)27/h4-9,11-12,14,28H,10,13,27H2,1-3H3,(H,29,33)(H,30,32)/b23-15-. The van der Waals surface area contributed by atoms with Crippen molar-refractivity contribution in [1.82, 2.24) is 10.2 Å². The second-order valence-corrected chi connectivity index (χ2v) is 8.46. The van der Waals surface area contributed by atoms with Crippen molar-refractivity contribution in [3.8, 4) is 0 Å². The number of nitrogens with zero attached hydrogens (tertiary/aromatic N) is 1. The number of nitrogen functional groups attached to an aromatic ring is 1. The molecular formula is C26H27N5O3. The molecule has 0 saturated carbocycles. The number of hydrogen-bond donors (Lipinski definition) is 4. The molecule has 0 atom stereocenters. The lowest BCUT2D eigenvalue weighted by molar-refractivity contribution is -0.124. The van der Waals surface area contributed by atoms with Crippen LogP contribution in [0.3, 0.4) is 0 Å². The summed E-state index contributed by atoms with van der Waals surface area (Å²) in [6.07, 6.45) is 3.01. The van der Waals surface area contributed by atoms with Crippen LogP contribution in [0.1, 0.15) is 30.1 Å². The fourth-order valence-corrected chi connectivity index (χ4v) is 4.02. The normalized spacial score (nSPS) is 16.3. The number of anilines is 3. The zero-order valence-electron chi connectivity index (χ0n) is 19.4. The van der Waals surface area contributed by atoms with Crippen LogP contribution in [-0.2, 0) is 9.59 Å². The smallest absolute Gasteiger partial charge is 0.257 e. The summed E-state index contributed by atoms with van der Waals surface area (Å²) in [6, 6.07) is 14.0. The number of nitrogens with two attached hydrogens (primary N) is 1. The average molecular weight is 458 g/mol. The van der Waals surface area contributed by atoms with Crippen LogP contribution in [0.5, 0.6) is 0 Å². The van der Waals surface area contributed by atoms with E-state index in [4.69, 9.17) is 5.73 Å². The number of benzene rings is 2. The summed E-state index contributed by atoms with van der Waals surface area (Å²) in [5.74, 6) is -0.516. The summed E-state index contributed by atoms with van der Waals surface area (Å²) in [7, 11) is 3.43. The zero-order valence-corrected chi connectivity index (χ0v) is 19.4. The molecule has 2 aliphatic rings. The third kappa shape index (κ3) is 4.56. The molecule has 0 aromatic heterocycles. The van der Waals surface area contributed by atoms with Gasteiger partial charge in [-0.15, -0.1) is 0 Å². The number of carbonyl (C=O) groups is 3. The molecule has 8 heteroatoms. The van der Waals surface area contributed by atoms with Gasteiger partial charge in [-0.2, -0.15) is 0 Å². The second-order valence-electron chi connectivity index (χ2n) is 8.46. The van der Waals surface area contributed by atoms with E-state index in [9.17, 15) is 14.4 Å². The van der Waals surface area contributed by atoms with Crippen molar-refractivity contribution in [2.45, 2.75) is 19.8 Å². The molecule has 174 valence electrons. The van der Waals surface area contributed by atoms with Gasteiger partial charge in [-0.1, -0.05) is 12.1 Å². The van der Waals surface area contributed by atoms with Crippen molar-refractivity contribution >= 4 is 34.8 Å². The van der Waals surface area contributed by atoms with Crippen molar-refractivity contribution in [3.63, 3.8) is 0 Å². The molecule has 3 amide bonds. The van der Waals surface area contributed by atoms with Gasteiger partial charge in [0.25, 0.3) is 11.8 Å². The Morgan fingerprint density at radius 1 is 1.00 bits per heavy atom. The minimum Gasteiger partial charge on any atom is -0.397 e. The fraction of sp³-hybridized carbons (Fsp3) is 0.192. The van der Waals surface area contributed by atoms with E-state index in [-0.39, 0.29) is 17.7 Å². The highest BCUT2D eigenvalue weighted by atomic mass is 16.2. The molecule has 34 heavy (non-hydrogen) atoms. The summed E-state index contributed by atoms with van der Waals surface area (Å²) in [4.78, 5) is 39.2. The predicted octanol–water partition coefficient (Wildman–Crippen LogP) is 3.40. The first-order valence-corrected chi connectivity index (χ1v) is 11.0. The molecule has 2 aromatic rings. The number of rotatable bonds is 5. The Kier molecular flexibility index (Phi) is 6.23. The summed E-state index contributed by atoms with van der Waals surface area (Å²) < 4.78 is 0. The summed E-state index contributed by atoms with van der Waals surface area (Å²) in [5.41, 5.74) is 11.6. The molecule has 2 aromatic carbocycles. The lowest BCUT2D eigenvalue weighted by Crippen LogP contribution is -2.25. The topological polar surface area (TPSA) is 117 Å². The molecular weight excluding hydrogens is 430 g/mol. The minimum absolute atomic E-state index is 0.0537. The molecule has 0 bridgehead atoms. The molecule has 0 unspecified atom stereocenters. The molecule has 1 aliphatic carbocycles. The van der Waals surface area contributed by atoms with E-state index in [0.29, 0.717) is 46.6 Å². The van der Waals surface area contributed by atoms with Crippen LogP contribution in [0.4, 0.5) is 17.1 Å². The minimum atomic E-state index is -0.269. The van der Waals surface area contributed by atoms with E-state index in [1.807, 2.05) is 13.0 Å². The van der Waals surface area contributed by atoms with Gasteiger partial charge >= 0.3 is 0 Å². The Bertz CT molecular complexity index is 1270. The van der Waals surface area contributed by atoms with Gasteiger partial charge in [0, 0.05) is 47.9 Å². The maximum atomic E-state index is 12.7. The van der Waals surface area contributed by atoms with Crippen LogP contribution in [-0.4, -0.2) is 36.7 Å². The lowest BCUT2D eigenvalue weighted by Gasteiger charge is -2.18. The van der Waals surface area contributed by atoms with Crippen molar-refractivity contribution in [2.24, 2.45) is 0 Å². The van der Waals surface area contributed by atoms with Crippen molar-refractivity contribution in [3.05, 3.63) is 88.3 Å². The fourth-order valence-electron chi connectivity index (χ4n) is 4.02. The van der Waals surface area contributed by atoms with Crippen LogP contribution in [0.15, 0.2) is 82.7 Å². The Morgan fingerprint density at radius 3 is 2.38 bits per heavy atom. The SMILES string of the molecule is C/C(Nc1ccc(C(=O)Nc2ccccc2N)cc1)=C1/C(=O)NC2=C1C=C(C(=O)N(C)C)CC2. The van der Waals surface area contributed by atoms with Gasteiger partial charge in [-0.25, -0.2) is 0 Å². The van der Waals surface area contributed by atoms with Gasteiger partial charge in [-0.3, -0.25) is 14.4 Å². The zero-order chi connectivity index (χ0) is 24.4. The van der Waals surface area contributed by atoms with Crippen LogP contribution >= 0.6 is 0 Å². The maximum Gasteiger partial charge on any atom is 0.257 e. The number of amides is 3. The van der Waals surface area contributed by atoms with Crippen molar-refractivity contribution in [1.29, 1.82) is 0 Å². The molecule has 0 saturated heterocycles. The third-order valence-electron chi connectivity index (χ3n) is 5.79. The Morgan fingerprint density at radius 2 is 1.71 bits per heavy atom. The number of para-hydroxylation sites is 2. The number of likely N-dealkylation sites (N-methyl/N-ethyl adjacent to an activating group) is 1. The average Bonchev–Trinajstić information content (AvgIpc) is 3.15. The second kappa shape index (κ2) is 9.27. The van der Waals surface area contributed by atoms with Gasteiger partial charge < -0.3 is 26.6 Å². The quantitative estimate of drug-likeness (QED) is 0.406. The van der Waals surface area contributed by atoms with E-state index in [2.05, 4.69) is 16.0 Å². The van der Waals surface area contributed by atoms with Crippen LogP contribution in [0.2, 0.25) is 0 Å². The molecule has 5 N–H and O–H groups in total. The van der Waals surface area contributed by atoms with Gasteiger partial charge in [-0.05, 0) is 62.2 Å². The van der Waals surface area contributed by atoms with E-state index in [1.165, 1.54) is 0 Å². The highest BCUT2D eigenvalue weighted by Crippen LogP contribution is 2.34. The van der Waals surface area contributed by atoms with Gasteiger partial charge in [0.05, 0.1) is 16.9 Å². The Balaban J connectivity index is 1.52. The molecule has 8 nitrogen and oxygen atoms in total. The van der Waals surface area contributed by atoms with Gasteiger partial charge in [0.1, 0.15) is 0 Å². The first-order valence-electron chi connectivity index (χ1n) is 11.0. The van der Waals surface area contributed by atoms with E-state index >= 15 is 0 Å². The highest BCUT2D eigenvalue weighted by molar-refractivity contribution is 6.07. The highest BCUT2D eigenvalue weighted by Gasteiger charge is 2.31. The molecule has 4 rings (SSSR count). The molecule has 1 aliphatic heterocycles. The van der Waals surface area contributed by atoms with Crippen molar-refractivity contribution in [2.75, 3.05) is 30.5 Å². The summed E-state index contributed by atoms with van der Waals surface area (Å²) in [6.45, 7) is 1.82. The molecule has 1 heterocycles. The van der Waals surface area contributed by atoms with E-state index in [0.717, 1.165) is 17.0 Å². The predicted molar refractivity (Wildman–Crippen MR) is 133 cm³/mol. The number of allylic oxidation sites excluding steroid dienone is 3. The van der Waals surface area contributed by atoms with Crippen LogP contribution in [0, 0.1) is 0 Å². The van der Waals surface area contributed by atoms with Crippen LogP contribution < -0.4 is 21.7 Å². The molecule has 0 fully saturated rings. The number of hydrogen-bond acceptors (Lipinski definition) is 5. The number of nitrogens with one attached hydrogen (secondary N) is 3. The van der Waals surface area contributed by atoms with Crippen molar-refractivity contribution < 1.29 is 14.4 Å². The van der Waals surface area contributed by atoms with Gasteiger partial charge in [0.2, 0.25) is 5.91 Å². The lowest BCUT2D eigenvalue weighted by atomic mass is 9.93. The van der Waals surface area contributed by atoms with Gasteiger partial charge in [0.15, 0.2) is 0 Å². The summed E-state index contributed by atoms with van der Waals surface area (Å²) >= 11 is 0. The third-order valence-corrected chi connectivity index (χ3v) is 5.79. The monoisotopic (exact) mass is 457 g/mol. The Hall–Kier alpha value is -4.33. The van der Waals surface area contributed by atoms with Crippen LogP contribution in [0.25, 0.3) is 0 Å². The maximum absolute atomic E-state index is 12.7. The first-order chi connectivity index (χ1) is 16.2. The van der Waals surface area contributed by atoms with E-state index in [1.54, 1.807) is 67.5 Å². The molecule has 0 radical (unpaired) electrons.